The third-order valence-electron chi connectivity index (χ3n) is 5.12. The van der Waals surface area contributed by atoms with Gasteiger partial charge in [-0.1, -0.05) is 24.3 Å². The van der Waals surface area contributed by atoms with Gasteiger partial charge in [0, 0.05) is 25.0 Å². The van der Waals surface area contributed by atoms with E-state index in [9.17, 15) is 4.79 Å². The predicted octanol–water partition coefficient (Wildman–Crippen LogP) is 3.49. The Balaban J connectivity index is 1.45. The Morgan fingerprint density at radius 3 is 2.85 bits per heavy atom. The lowest BCUT2D eigenvalue weighted by atomic mass is 9.96. The molecule has 1 amide bonds. The van der Waals surface area contributed by atoms with Crippen LogP contribution in [-0.2, 0) is 11.3 Å². The molecule has 0 saturated carbocycles. The normalized spacial score (nSPS) is 18.1. The monoisotopic (exact) mass is 348 g/mol. The summed E-state index contributed by atoms with van der Waals surface area (Å²) in [4.78, 5) is 19.7. The number of carbonyl (C=O) groups is 1. The van der Waals surface area contributed by atoms with E-state index in [1.54, 1.807) is 0 Å². The number of carbonyl (C=O) groups excluding carboxylic acids is 1. The van der Waals surface area contributed by atoms with Crippen LogP contribution in [0.15, 0.2) is 54.7 Å². The molecule has 0 aliphatic carbocycles. The molecule has 1 aromatic carbocycles. The SMILES string of the molecule is Cc1nc2ccccn2c1CN1CCC[C@H](C(=O)Nc2ccccc2)C1. The first kappa shape index (κ1) is 16.8. The smallest absolute Gasteiger partial charge is 0.228 e. The fourth-order valence-corrected chi connectivity index (χ4v) is 3.75. The van der Waals surface area contributed by atoms with E-state index in [1.165, 1.54) is 5.69 Å². The van der Waals surface area contributed by atoms with E-state index in [0.717, 1.165) is 49.5 Å². The van der Waals surface area contributed by atoms with Crippen molar-refractivity contribution in [2.75, 3.05) is 18.4 Å². The van der Waals surface area contributed by atoms with Gasteiger partial charge in [-0.15, -0.1) is 0 Å². The van der Waals surface area contributed by atoms with Gasteiger partial charge in [-0.05, 0) is 50.6 Å². The molecule has 5 heteroatoms. The molecule has 1 fully saturated rings. The number of aryl methyl sites for hydroxylation is 1. The highest BCUT2D eigenvalue weighted by atomic mass is 16.1. The number of nitrogens with one attached hydrogen (secondary N) is 1. The Labute approximate surface area is 153 Å². The van der Waals surface area contributed by atoms with Gasteiger partial charge >= 0.3 is 0 Å². The van der Waals surface area contributed by atoms with Gasteiger partial charge in [0.25, 0.3) is 0 Å². The number of imidazole rings is 1. The zero-order valence-corrected chi connectivity index (χ0v) is 15.1. The van der Waals surface area contributed by atoms with Crippen molar-refractivity contribution >= 4 is 17.2 Å². The van der Waals surface area contributed by atoms with Crippen LogP contribution in [0.25, 0.3) is 5.65 Å². The van der Waals surface area contributed by atoms with Crippen LogP contribution in [0.4, 0.5) is 5.69 Å². The molecule has 1 atom stereocenters. The minimum absolute atomic E-state index is 0.0310. The number of para-hydroxylation sites is 1. The summed E-state index contributed by atoms with van der Waals surface area (Å²) < 4.78 is 2.16. The Kier molecular flexibility index (Phi) is 4.71. The molecule has 4 rings (SSSR count). The van der Waals surface area contributed by atoms with E-state index in [2.05, 4.69) is 32.7 Å². The van der Waals surface area contributed by atoms with E-state index in [-0.39, 0.29) is 11.8 Å². The molecule has 3 heterocycles. The van der Waals surface area contributed by atoms with Gasteiger partial charge in [0.1, 0.15) is 5.65 Å². The lowest BCUT2D eigenvalue weighted by molar-refractivity contribution is -0.121. The Bertz CT molecular complexity index is 903. The third-order valence-corrected chi connectivity index (χ3v) is 5.12. The number of piperidine rings is 1. The Morgan fingerprint density at radius 1 is 1.19 bits per heavy atom. The number of hydrogen-bond acceptors (Lipinski definition) is 3. The average Bonchev–Trinajstić information content (AvgIpc) is 2.98. The molecule has 0 spiro atoms. The summed E-state index contributed by atoms with van der Waals surface area (Å²) in [5.41, 5.74) is 4.12. The van der Waals surface area contributed by atoms with Crippen LogP contribution in [0.5, 0.6) is 0 Å². The summed E-state index contributed by atoms with van der Waals surface area (Å²) in [5.74, 6) is 0.152. The number of nitrogens with zero attached hydrogens (tertiary/aromatic N) is 3. The zero-order chi connectivity index (χ0) is 17.9. The molecule has 0 unspecified atom stereocenters. The quantitative estimate of drug-likeness (QED) is 0.785. The molecule has 0 bridgehead atoms. The van der Waals surface area contributed by atoms with Crippen LogP contribution >= 0.6 is 0 Å². The van der Waals surface area contributed by atoms with Gasteiger partial charge in [0.15, 0.2) is 0 Å². The maximum Gasteiger partial charge on any atom is 0.228 e. The molecular formula is C21H24N4O. The largest absolute Gasteiger partial charge is 0.326 e. The summed E-state index contributed by atoms with van der Waals surface area (Å²) in [7, 11) is 0. The van der Waals surface area contributed by atoms with Crippen LogP contribution in [0.3, 0.4) is 0 Å². The van der Waals surface area contributed by atoms with Gasteiger partial charge in [0.05, 0.1) is 17.3 Å². The lowest BCUT2D eigenvalue weighted by Crippen LogP contribution is -2.40. The second kappa shape index (κ2) is 7.30. The van der Waals surface area contributed by atoms with Crippen LogP contribution in [0.2, 0.25) is 0 Å². The van der Waals surface area contributed by atoms with Gasteiger partial charge < -0.3 is 9.72 Å². The molecule has 1 aliphatic rings. The number of anilines is 1. The summed E-state index contributed by atoms with van der Waals surface area (Å²) in [6.45, 7) is 4.70. The molecule has 3 aromatic rings. The number of rotatable bonds is 4. The zero-order valence-electron chi connectivity index (χ0n) is 15.1. The van der Waals surface area contributed by atoms with Crippen molar-refractivity contribution in [3.63, 3.8) is 0 Å². The maximum atomic E-state index is 12.6. The fraction of sp³-hybridized carbons (Fsp3) is 0.333. The van der Waals surface area contributed by atoms with Crippen molar-refractivity contribution in [1.29, 1.82) is 0 Å². The van der Waals surface area contributed by atoms with Crippen molar-refractivity contribution in [1.82, 2.24) is 14.3 Å². The van der Waals surface area contributed by atoms with Gasteiger partial charge in [-0.3, -0.25) is 9.69 Å². The van der Waals surface area contributed by atoms with E-state index in [0.29, 0.717) is 0 Å². The number of aromatic nitrogens is 2. The molecule has 1 saturated heterocycles. The molecule has 134 valence electrons. The van der Waals surface area contributed by atoms with Gasteiger partial charge in [-0.25, -0.2) is 4.98 Å². The van der Waals surface area contributed by atoms with E-state index in [1.807, 2.05) is 48.5 Å². The minimum atomic E-state index is 0.0310. The summed E-state index contributed by atoms with van der Waals surface area (Å²) in [6, 6.07) is 15.8. The highest BCUT2D eigenvalue weighted by Gasteiger charge is 2.26. The minimum Gasteiger partial charge on any atom is -0.326 e. The molecule has 26 heavy (non-hydrogen) atoms. The predicted molar refractivity (Wildman–Crippen MR) is 103 cm³/mol. The third kappa shape index (κ3) is 3.48. The first-order valence-electron chi connectivity index (χ1n) is 9.21. The number of amides is 1. The second-order valence-electron chi connectivity index (χ2n) is 7.00. The van der Waals surface area contributed by atoms with E-state index < -0.39 is 0 Å². The van der Waals surface area contributed by atoms with Crippen LogP contribution in [0.1, 0.15) is 24.2 Å². The Hall–Kier alpha value is -2.66. The number of pyridine rings is 1. The molecule has 2 aromatic heterocycles. The Morgan fingerprint density at radius 2 is 2.00 bits per heavy atom. The summed E-state index contributed by atoms with van der Waals surface area (Å²) in [6.07, 6.45) is 4.05. The number of likely N-dealkylation sites (tertiary alicyclic amines) is 1. The highest BCUT2D eigenvalue weighted by molar-refractivity contribution is 5.92. The lowest BCUT2D eigenvalue weighted by Gasteiger charge is -2.32. The fourth-order valence-electron chi connectivity index (χ4n) is 3.75. The van der Waals surface area contributed by atoms with Crippen molar-refractivity contribution in [3.05, 3.63) is 66.1 Å². The van der Waals surface area contributed by atoms with Crippen molar-refractivity contribution in [2.45, 2.75) is 26.3 Å². The van der Waals surface area contributed by atoms with Crippen LogP contribution in [0, 0.1) is 12.8 Å². The van der Waals surface area contributed by atoms with Gasteiger partial charge in [0.2, 0.25) is 5.91 Å². The van der Waals surface area contributed by atoms with Crippen molar-refractivity contribution in [3.8, 4) is 0 Å². The van der Waals surface area contributed by atoms with Gasteiger partial charge in [-0.2, -0.15) is 0 Å². The number of fused-ring (bicyclic) bond motifs is 1. The first-order chi connectivity index (χ1) is 12.7. The van der Waals surface area contributed by atoms with E-state index >= 15 is 0 Å². The standard InChI is InChI=1S/C21H24N4O/c1-16-19(25-13-6-5-11-20(25)22-16)15-24-12-7-8-17(14-24)21(26)23-18-9-3-2-4-10-18/h2-6,9-11,13,17H,7-8,12,14-15H2,1H3,(H,23,26)/t17-/m0/s1. The molecule has 5 nitrogen and oxygen atoms in total. The molecule has 1 aliphatic heterocycles. The van der Waals surface area contributed by atoms with Crippen LogP contribution in [-0.4, -0.2) is 33.3 Å². The molecule has 1 N–H and O–H groups in total. The first-order valence-corrected chi connectivity index (χ1v) is 9.21. The maximum absolute atomic E-state index is 12.6. The highest BCUT2D eigenvalue weighted by Crippen LogP contribution is 2.22. The summed E-state index contributed by atoms with van der Waals surface area (Å²) in [5, 5.41) is 3.05. The number of benzene rings is 1. The average molecular weight is 348 g/mol. The topological polar surface area (TPSA) is 49.6 Å². The summed E-state index contributed by atoms with van der Waals surface area (Å²) >= 11 is 0. The number of hydrogen-bond donors (Lipinski definition) is 1. The van der Waals surface area contributed by atoms with E-state index in [4.69, 9.17) is 0 Å². The molecular weight excluding hydrogens is 324 g/mol. The van der Waals surface area contributed by atoms with Crippen molar-refractivity contribution in [2.24, 2.45) is 5.92 Å². The molecule has 0 radical (unpaired) electrons. The van der Waals surface area contributed by atoms with Crippen LogP contribution < -0.4 is 5.32 Å². The van der Waals surface area contributed by atoms with Crippen molar-refractivity contribution < 1.29 is 4.79 Å². The second-order valence-corrected chi connectivity index (χ2v) is 7.00.